The number of carbonyl (C=O) groups is 2. The van der Waals surface area contributed by atoms with Gasteiger partial charge in [-0.05, 0) is 89.9 Å². The van der Waals surface area contributed by atoms with Gasteiger partial charge in [0.2, 0.25) is 5.91 Å². The molecular weight excluding hydrogens is 815 g/mol. The zero-order valence-electron chi connectivity index (χ0n) is 43.8. The third-order valence-corrected chi connectivity index (χ3v) is 12.8. The Balaban J connectivity index is 4.63. The average molecular weight is 925 g/mol. The monoisotopic (exact) mass is 924 g/mol. The van der Waals surface area contributed by atoms with E-state index in [2.05, 4.69) is 86.8 Å². The van der Waals surface area contributed by atoms with Gasteiger partial charge in [0.15, 0.2) is 0 Å². The van der Waals surface area contributed by atoms with Crippen molar-refractivity contribution in [3.63, 3.8) is 0 Å². The van der Waals surface area contributed by atoms with Crippen LogP contribution >= 0.6 is 0 Å². The highest BCUT2D eigenvalue weighted by atomic mass is 16.5. The molecule has 0 aromatic rings. The lowest BCUT2D eigenvalue weighted by Gasteiger charge is -2.24. The van der Waals surface area contributed by atoms with E-state index in [0.717, 1.165) is 89.9 Å². The number of carbonyl (C=O) groups excluding carboxylic acids is 2. The Morgan fingerprint density at radius 3 is 1.29 bits per heavy atom. The van der Waals surface area contributed by atoms with E-state index in [-0.39, 0.29) is 24.9 Å². The number of ether oxygens (including phenoxy) is 1. The van der Waals surface area contributed by atoms with Crippen molar-refractivity contribution in [2.24, 2.45) is 0 Å². The zero-order chi connectivity index (χ0) is 48.1. The summed E-state index contributed by atoms with van der Waals surface area (Å²) in [6.45, 7) is 6.44. The van der Waals surface area contributed by atoms with Crippen LogP contribution in [0.2, 0.25) is 0 Å². The second kappa shape index (κ2) is 53.5. The standard InChI is InChI=1S/C60H109NO5/c1-4-7-10-13-16-19-22-25-28-29-32-33-36-39-42-45-48-51-56(66-60(65)53-50-47-44-41-38-35-31-27-24-21-18-15-12-9-6-3)54-59(64)61-57(55-62)58(63)52-49-46-43-40-37-34-30-26-23-20-17-14-11-8-5-2/h16,18-19,21,24-25,27-28,32-33,56-58,62-63H,4-15,17,20,22-23,26,29-31,34-55H2,1-3H3,(H,61,64)/b19-16-,21-18+,27-24+,28-25-,33-32-. The van der Waals surface area contributed by atoms with Gasteiger partial charge >= 0.3 is 5.97 Å². The molecule has 0 aliphatic rings. The predicted octanol–water partition coefficient (Wildman–Crippen LogP) is 17.6. The van der Waals surface area contributed by atoms with Gasteiger partial charge < -0.3 is 20.3 Å². The number of unbranched alkanes of at least 4 members (excludes halogenated alkanes) is 30. The van der Waals surface area contributed by atoms with Gasteiger partial charge in [-0.3, -0.25) is 9.59 Å². The third kappa shape index (κ3) is 48.0. The highest BCUT2D eigenvalue weighted by Crippen LogP contribution is 2.18. The molecule has 0 aliphatic heterocycles. The fourth-order valence-corrected chi connectivity index (χ4v) is 8.49. The van der Waals surface area contributed by atoms with Crippen LogP contribution < -0.4 is 5.32 Å². The molecule has 0 rings (SSSR count). The Kier molecular flexibility index (Phi) is 51.5. The first-order chi connectivity index (χ1) is 32.5. The van der Waals surface area contributed by atoms with E-state index in [4.69, 9.17) is 4.74 Å². The van der Waals surface area contributed by atoms with Crippen molar-refractivity contribution in [1.29, 1.82) is 0 Å². The summed E-state index contributed by atoms with van der Waals surface area (Å²) in [5, 5.41) is 23.9. The highest BCUT2D eigenvalue weighted by Gasteiger charge is 2.24. The molecule has 384 valence electrons. The van der Waals surface area contributed by atoms with Crippen LogP contribution in [0.25, 0.3) is 0 Å². The van der Waals surface area contributed by atoms with Gasteiger partial charge in [0.1, 0.15) is 6.10 Å². The highest BCUT2D eigenvalue weighted by molar-refractivity contribution is 5.77. The Morgan fingerprint density at radius 1 is 0.455 bits per heavy atom. The lowest BCUT2D eigenvalue weighted by atomic mass is 10.0. The SMILES string of the molecule is CCCCC/C=C\C/C=C\C/C=C\CCCCCCC(CC(=O)NC(CO)C(O)CCCCCCCCCCCCCCCCC)OC(=O)CCCCCCCC/C=C/C=C/CCCCC. The minimum Gasteiger partial charge on any atom is -0.462 e. The molecule has 0 saturated carbocycles. The largest absolute Gasteiger partial charge is 0.462 e. The molecule has 0 heterocycles. The summed E-state index contributed by atoms with van der Waals surface area (Å²) in [6, 6.07) is -0.714. The molecule has 0 aliphatic carbocycles. The van der Waals surface area contributed by atoms with Crippen molar-refractivity contribution in [1.82, 2.24) is 5.32 Å². The Hall–Kier alpha value is -2.44. The van der Waals surface area contributed by atoms with Gasteiger partial charge in [-0.2, -0.15) is 0 Å². The van der Waals surface area contributed by atoms with Crippen LogP contribution in [0.1, 0.15) is 284 Å². The van der Waals surface area contributed by atoms with Gasteiger partial charge in [0.25, 0.3) is 0 Å². The zero-order valence-corrected chi connectivity index (χ0v) is 43.8. The number of aliphatic hydroxyl groups is 2. The first-order valence-corrected chi connectivity index (χ1v) is 28.5. The number of aliphatic hydroxyl groups excluding tert-OH is 2. The molecular formula is C60H109NO5. The number of rotatable bonds is 51. The summed E-state index contributed by atoms with van der Waals surface area (Å²) in [5.74, 6) is -0.503. The van der Waals surface area contributed by atoms with Gasteiger partial charge in [0, 0.05) is 6.42 Å². The second-order valence-electron chi connectivity index (χ2n) is 19.4. The molecule has 6 nitrogen and oxygen atoms in total. The van der Waals surface area contributed by atoms with E-state index in [1.165, 1.54) is 148 Å². The van der Waals surface area contributed by atoms with Crippen LogP contribution in [0.4, 0.5) is 0 Å². The lowest BCUT2D eigenvalue weighted by Crippen LogP contribution is -2.46. The number of esters is 1. The molecule has 0 fully saturated rings. The molecule has 66 heavy (non-hydrogen) atoms. The van der Waals surface area contributed by atoms with E-state index in [9.17, 15) is 19.8 Å². The van der Waals surface area contributed by atoms with E-state index in [1.807, 2.05) is 0 Å². The number of hydrogen-bond acceptors (Lipinski definition) is 5. The Bertz CT molecular complexity index is 1170. The quantitative estimate of drug-likeness (QED) is 0.0244. The van der Waals surface area contributed by atoms with E-state index in [1.54, 1.807) is 0 Å². The molecule has 0 spiro atoms. The summed E-state index contributed by atoms with van der Waals surface area (Å²) in [5.41, 5.74) is 0. The summed E-state index contributed by atoms with van der Waals surface area (Å²) >= 11 is 0. The lowest BCUT2D eigenvalue weighted by molar-refractivity contribution is -0.151. The number of nitrogens with one attached hydrogen (secondary N) is 1. The van der Waals surface area contributed by atoms with Crippen molar-refractivity contribution in [3.8, 4) is 0 Å². The fourth-order valence-electron chi connectivity index (χ4n) is 8.49. The van der Waals surface area contributed by atoms with Gasteiger partial charge in [0.05, 0.1) is 25.2 Å². The normalized spacial score (nSPS) is 13.6. The maximum Gasteiger partial charge on any atom is 0.306 e. The van der Waals surface area contributed by atoms with E-state index < -0.39 is 18.2 Å². The number of allylic oxidation sites excluding steroid dienone is 10. The topological polar surface area (TPSA) is 95.9 Å². The minimum atomic E-state index is -0.798. The molecule has 0 aromatic heterocycles. The third-order valence-electron chi connectivity index (χ3n) is 12.8. The molecule has 3 atom stereocenters. The van der Waals surface area contributed by atoms with Gasteiger partial charge in [-0.25, -0.2) is 0 Å². The van der Waals surface area contributed by atoms with Crippen molar-refractivity contribution >= 4 is 11.9 Å². The summed E-state index contributed by atoms with van der Waals surface area (Å²) in [6.07, 6.45) is 67.0. The van der Waals surface area contributed by atoms with E-state index >= 15 is 0 Å². The van der Waals surface area contributed by atoms with Crippen LogP contribution in [-0.4, -0.2) is 46.9 Å². The molecule has 1 amide bonds. The van der Waals surface area contributed by atoms with Crippen molar-refractivity contribution in [2.75, 3.05) is 6.61 Å². The van der Waals surface area contributed by atoms with Crippen molar-refractivity contribution in [2.45, 2.75) is 302 Å². The first-order valence-electron chi connectivity index (χ1n) is 28.5. The van der Waals surface area contributed by atoms with Gasteiger partial charge in [-0.1, -0.05) is 242 Å². The summed E-state index contributed by atoms with van der Waals surface area (Å²) in [4.78, 5) is 26.3. The summed E-state index contributed by atoms with van der Waals surface area (Å²) in [7, 11) is 0. The number of amides is 1. The average Bonchev–Trinajstić information content (AvgIpc) is 3.31. The second-order valence-corrected chi connectivity index (χ2v) is 19.4. The molecule has 3 unspecified atom stereocenters. The molecule has 0 radical (unpaired) electrons. The van der Waals surface area contributed by atoms with Crippen molar-refractivity contribution in [3.05, 3.63) is 60.8 Å². The molecule has 3 N–H and O–H groups in total. The maximum atomic E-state index is 13.3. The first kappa shape index (κ1) is 63.6. The van der Waals surface area contributed by atoms with Crippen LogP contribution in [0.3, 0.4) is 0 Å². The smallest absolute Gasteiger partial charge is 0.306 e. The van der Waals surface area contributed by atoms with Crippen LogP contribution in [0.15, 0.2) is 60.8 Å². The molecule has 0 aromatic carbocycles. The Labute approximate surface area is 409 Å². The Morgan fingerprint density at radius 2 is 0.818 bits per heavy atom. The molecule has 0 saturated heterocycles. The minimum absolute atomic E-state index is 0.0575. The molecule has 6 heteroatoms. The number of hydrogen-bond donors (Lipinski definition) is 3. The van der Waals surface area contributed by atoms with Crippen molar-refractivity contribution < 1.29 is 24.5 Å². The van der Waals surface area contributed by atoms with E-state index in [0.29, 0.717) is 19.3 Å². The maximum absolute atomic E-state index is 13.3. The van der Waals surface area contributed by atoms with Gasteiger partial charge in [-0.15, -0.1) is 0 Å². The molecule has 0 bridgehead atoms. The van der Waals surface area contributed by atoms with Crippen LogP contribution in [0.5, 0.6) is 0 Å². The predicted molar refractivity (Wildman–Crippen MR) is 287 cm³/mol. The fraction of sp³-hybridized carbons (Fsp3) is 0.800. The van der Waals surface area contributed by atoms with Crippen LogP contribution in [-0.2, 0) is 14.3 Å². The summed E-state index contributed by atoms with van der Waals surface area (Å²) < 4.78 is 5.95. The van der Waals surface area contributed by atoms with Crippen LogP contribution in [0, 0.1) is 0 Å².